The summed E-state index contributed by atoms with van der Waals surface area (Å²) in [5, 5.41) is 9.81. The maximum Gasteiger partial charge on any atom is 0.416 e. The molecule has 0 aliphatic heterocycles. The topological polar surface area (TPSA) is 50.2 Å². The summed E-state index contributed by atoms with van der Waals surface area (Å²) < 4.78 is 39.1. The molecule has 3 nitrogen and oxygen atoms in total. The Kier molecular flexibility index (Phi) is 6.82. The molecule has 176 valence electrons. The first-order valence-corrected chi connectivity index (χ1v) is 11.0. The lowest BCUT2D eigenvalue weighted by molar-refractivity contribution is -0.139. The lowest BCUT2D eigenvalue weighted by Crippen LogP contribution is -2.11. The second-order valence-electron chi connectivity index (χ2n) is 8.11. The van der Waals surface area contributed by atoms with Crippen LogP contribution in [0.1, 0.15) is 23.5 Å². The van der Waals surface area contributed by atoms with Gasteiger partial charge in [0.15, 0.2) is 0 Å². The van der Waals surface area contributed by atoms with E-state index in [4.69, 9.17) is 4.98 Å². The number of aromatic nitrogens is 1. The molecule has 1 aromatic heterocycles. The number of hydrogen-bond acceptors (Lipinski definition) is 2. The summed E-state index contributed by atoms with van der Waals surface area (Å²) in [5.74, 6) is -1.88. The van der Waals surface area contributed by atoms with Crippen molar-refractivity contribution in [3.8, 4) is 33.6 Å². The number of rotatable bonds is 7. The molecule has 0 spiro atoms. The van der Waals surface area contributed by atoms with E-state index < -0.39 is 23.6 Å². The molecule has 0 fully saturated rings. The molecule has 0 aliphatic carbocycles. The number of alkyl halides is 3. The van der Waals surface area contributed by atoms with Gasteiger partial charge in [0.05, 0.1) is 22.9 Å². The molecule has 0 aliphatic rings. The van der Waals surface area contributed by atoms with Crippen LogP contribution in [0.25, 0.3) is 33.6 Å². The fourth-order valence-electron chi connectivity index (χ4n) is 3.91. The molecule has 4 aromatic rings. The summed E-state index contributed by atoms with van der Waals surface area (Å²) >= 11 is 0. The van der Waals surface area contributed by atoms with E-state index >= 15 is 0 Å². The lowest BCUT2D eigenvalue weighted by Gasteiger charge is -2.15. The minimum Gasteiger partial charge on any atom is -0.481 e. The first-order chi connectivity index (χ1) is 16.8. The molecular weight excluding hydrogens is 451 g/mol. The SMILES string of the molecule is C=CCC(C(=O)O)c1cc(-c2ccc(C(F)(F)F)cc2)nc(-c2cccc(-c3ccccc3)c2)c1. The van der Waals surface area contributed by atoms with E-state index in [0.717, 1.165) is 28.8 Å². The number of halogens is 3. The van der Waals surface area contributed by atoms with Crippen LogP contribution in [0.2, 0.25) is 0 Å². The number of nitrogens with zero attached hydrogens (tertiary/aromatic N) is 1. The van der Waals surface area contributed by atoms with E-state index in [9.17, 15) is 23.1 Å². The van der Waals surface area contributed by atoms with Gasteiger partial charge in [-0.3, -0.25) is 4.79 Å². The molecule has 4 rings (SSSR count). The van der Waals surface area contributed by atoms with Gasteiger partial charge in [0, 0.05) is 11.1 Å². The Morgan fingerprint density at radius 1 is 0.829 bits per heavy atom. The van der Waals surface area contributed by atoms with Crippen molar-refractivity contribution >= 4 is 5.97 Å². The van der Waals surface area contributed by atoms with Crippen LogP contribution in [-0.2, 0) is 11.0 Å². The van der Waals surface area contributed by atoms with Crippen LogP contribution in [0.5, 0.6) is 0 Å². The van der Waals surface area contributed by atoms with Crippen molar-refractivity contribution in [2.45, 2.75) is 18.5 Å². The molecule has 6 heteroatoms. The Labute approximate surface area is 201 Å². The van der Waals surface area contributed by atoms with Gasteiger partial charge in [-0.2, -0.15) is 13.2 Å². The second-order valence-corrected chi connectivity index (χ2v) is 8.11. The summed E-state index contributed by atoms with van der Waals surface area (Å²) in [4.78, 5) is 16.7. The predicted molar refractivity (Wildman–Crippen MR) is 131 cm³/mol. The number of carboxylic acids is 1. The molecule has 0 amide bonds. The highest BCUT2D eigenvalue weighted by Gasteiger charge is 2.30. The smallest absolute Gasteiger partial charge is 0.416 e. The molecule has 0 saturated heterocycles. The van der Waals surface area contributed by atoms with Crippen LogP contribution < -0.4 is 0 Å². The minimum atomic E-state index is -4.45. The normalized spacial score (nSPS) is 12.2. The first kappa shape index (κ1) is 24.0. The van der Waals surface area contributed by atoms with Gasteiger partial charge in [-0.1, -0.05) is 66.7 Å². The summed E-state index contributed by atoms with van der Waals surface area (Å²) in [6.07, 6.45) is -2.71. The van der Waals surface area contributed by atoms with E-state index in [-0.39, 0.29) is 6.42 Å². The van der Waals surface area contributed by atoms with Gasteiger partial charge in [0.2, 0.25) is 0 Å². The van der Waals surface area contributed by atoms with Gasteiger partial charge in [-0.05, 0) is 53.4 Å². The number of aliphatic carboxylic acids is 1. The lowest BCUT2D eigenvalue weighted by atomic mass is 9.92. The number of hydrogen-bond donors (Lipinski definition) is 1. The Balaban J connectivity index is 1.85. The second kappa shape index (κ2) is 9.97. The average molecular weight is 473 g/mol. The Morgan fingerprint density at radius 2 is 1.43 bits per heavy atom. The van der Waals surface area contributed by atoms with E-state index in [1.54, 1.807) is 12.1 Å². The van der Waals surface area contributed by atoms with Gasteiger partial charge in [-0.25, -0.2) is 4.98 Å². The van der Waals surface area contributed by atoms with Crippen molar-refractivity contribution in [2.75, 3.05) is 0 Å². The quantitative estimate of drug-likeness (QED) is 0.278. The molecule has 35 heavy (non-hydrogen) atoms. The van der Waals surface area contributed by atoms with Crippen LogP contribution >= 0.6 is 0 Å². The Hall–Kier alpha value is -4.19. The highest BCUT2D eigenvalue weighted by Crippen LogP contribution is 2.34. The van der Waals surface area contributed by atoms with Crippen molar-refractivity contribution in [1.82, 2.24) is 4.98 Å². The van der Waals surface area contributed by atoms with Crippen LogP contribution in [0.15, 0.2) is 104 Å². The number of carbonyl (C=O) groups is 1. The fourth-order valence-corrected chi connectivity index (χ4v) is 3.91. The molecule has 0 saturated carbocycles. The van der Waals surface area contributed by atoms with Crippen molar-refractivity contribution in [1.29, 1.82) is 0 Å². The zero-order valence-electron chi connectivity index (χ0n) is 18.7. The summed E-state index contributed by atoms with van der Waals surface area (Å²) in [6.45, 7) is 3.66. The zero-order valence-corrected chi connectivity index (χ0v) is 18.7. The summed E-state index contributed by atoms with van der Waals surface area (Å²) in [6, 6.07) is 25.5. The number of carboxylic acid groups (broad SMARTS) is 1. The van der Waals surface area contributed by atoms with Crippen LogP contribution in [-0.4, -0.2) is 16.1 Å². The molecule has 3 aromatic carbocycles. The van der Waals surface area contributed by atoms with Gasteiger partial charge >= 0.3 is 12.1 Å². The third-order valence-corrected chi connectivity index (χ3v) is 5.72. The fraction of sp³-hybridized carbons (Fsp3) is 0.103. The van der Waals surface area contributed by atoms with Crippen molar-refractivity contribution in [2.24, 2.45) is 0 Å². The van der Waals surface area contributed by atoms with Gasteiger partial charge in [0.1, 0.15) is 0 Å². The Bertz CT molecular complexity index is 1350. The highest BCUT2D eigenvalue weighted by atomic mass is 19.4. The van der Waals surface area contributed by atoms with E-state index in [0.29, 0.717) is 22.5 Å². The third kappa shape index (κ3) is 5.49. The standard InChI is InChI=1S/C29H22F3NO2/c1-2-7-25(28(34)35)23-17-26(20-12-14-24(15-13-20)29(30,31)32)33-27(18-23)22-11-6-10-21(16-22)19-8-4-3-5-9-19/h2-6,8-18,25H,1,7H2,(H,34,35). The maximum atomic E-state index is 13.0. The van der Waals surface area contributed by atoms with Crippen LogP contribution in [0, 0.1) is 0 Å². The van der Waals surface area contributed by atoms with Gasteiger partial charge in [-0.15, -0.1) is 6.58 Å². The monoisotopic (exact) mass is 473 g/mol. The van der Waals surface area contributed by atoms with Crippen LogP contribution in [0.4, 0.5) is 13.2 Å². The molecule has 1 atom stereocenters. The molecule has 0 radical (unpaired) electrons. The van der Waals surface area contributed by atoms with Gasteiger partial charge < -0.3 is 5.11 Å². The van der Waals surface area contributed by atoms with E-state index in [2.05, 4.69) is 6.58 Å². The molecular formula is C29H22F3NO2. The highest BCUT2D eigenvalue weighted by molar-refractivity contribution is 5.79. The van der Waals surface area contributed by atoms with E-state index in [1.807, 2.05) is 54.6 Å². The summed E-state index contributed by atoms with van der Waals surface area (Å²) in [7, 11) is 0. The largest absolute Gasteiger partial charge is 0.481 e. The molecule has 0 bridgehead atoms. The number of allylic oxidation sites excluding steroid dienone is 1. The van der Waals surface area contributed by atoms with Crippen molar-refractivity contribution < 1.29 is 23.1 Å². The molecule has 1 N–H and O–H groups in total. The summed E-state index contributed by atoms with van der Waals surface area (Å²) in [5.41, 5.74) is 3.88. The number of pyridine rings is 1. The maximum absolute atomic E-state index is 13.0. The van der Waals surface area contributed by atoms with Crippen molar-refractivity contribution in [3.63, 3.8) is 0 Å². The Morgan fingerprint density at radius 3 is 2.03 bits per heavy atom. The van der Waals surface area contributed by atoms with Crippen molar-refractivity contribution in [3.05, 3.63) is 115 Å². The predicted octanol–water partition coefficient (Wildman–Crippen LogP) is 7.85. The van der Waals surface area contributed by atoms with E-state index in [1.165, 1.54) is 18.2 Å². The minimum absolute atomic E-state index is 0.204. The van der Waals surface area contributed by atoms with Gasteiger partial charge in [0.25, 0.3) is 0 Å². The average Bonchev–Trinajstić information content (AvgIpc) is 2.87. The number of benzene rings is 3. The zero-order chi connectivity index (χ0) is 25.0. The third-order valence-electron chi connectivity index (χ3n) is 5.72. The van der Waals surface area contributed by atoms with Crippen LogP contribution in [0.3, 0.4) is 0 Å². The molecule has 1 unspecified atom stereocenters. The molecule has 1 heterocycles. The first-order valence-electron chi connectivity index (χ1n) is 11.0.